The van der Waals surface area contributed by atoms with Crippen molar-refractivity contribution >= 4 is 63.3 Å². The molecule has 3 aromatic rings. The van der Waals surface area contributed by atoms with Gasteiger partial charge in [-0.25, -0.2) is 4.98 Å². The summed E-state index contributed by atoms with van der Waals surface area (Å²) in [7, 11) is 1.41. The molecule has 172 valence electrons. The quantitative estimate of drug-likeness (QED) is 0.140. The molecule has 0 aliphatic carbocycles. The summed E-state index contributed by atoms with van der Waals surface area (Å²) in [5.41, 5.74) is 0.918. The number of aromatic nitrogens is 2. The van der Waals surface area contributed by atoms with Crippen LogP contribution in [-0.2, 0) is 4.79 Å². The van der Waals surface area contributed by atoms with Crippen LogP contribution in [0.15, 0.2) is 53.6 Å². The number of hydrogen-bond acceptors (Lipinski definition) is 9. The van der Waals surface area contributed by atoms with Gasteiger partial charge in [0.05, 0.1) is 28.8 Å². The number of thiocarbonyl (C=S) groups is 1. The lowest BCUT2D eigenvalue weighted by atomic mass is 10.1. The van der Waals surface area contributed by atoms with Crippen LogP contribution in [-0.4, -0.2) is 32.2 Å². The number of non-ortho nitro benzene ring substituents is 1. The molecule has 1 fully saturated rings. The first kappa shape index (κ1) is 23.5. The number of thioether (sulfide) groups is 1. The summed E-state index contributed by atoms with van der Waals surface area (Å²) in [5, 5.41) is 10.7. The van der Waals surface area contributed by atoms with Crippen LogP contribution in [0.5, 0.6) is 17.4 Å². The second-order valence-corrected chi connectivity index (χ2v) is 8.61. The highest BCUT2D eigenvalue weighted by Gasteiger charge is 2.33. The highest BCUT2D eigenvalue weighted by molar-refractivity contribution is 8.27. The third kappa shape index (κ3) is 4.83. The van der Waals surface area contributed by atoms with Crippen molar-refractivity contribution in [3.63, 3.8) is 0 Å². The van der Waals surface area contributed by atoms with Gasteiger partial charge in [0.15, 0.2) is 15.8 Å². The molecule has 4 rings (SSSR count). The number of methoxy groups -OCH3 is 1. The van der Waals surface area contributed by atoms with Crippen LogP contribution >= 0.6 is 35.6 Å². The number of nitro groups is 1. The van der Waals surface area contributed by atoms with E-state index in [-0.39, 0.29) is 38.6 Å². The number of ether oxygens (including phenoxy) is 2. The first-order valence-electron chi connectivity index (χ1n) is 9.33. The van der Waals surface area contributed by atoms with E-state index < -0.39 is 10.7 Å². The summed E-state index contributed by atoms with van der Waals surface area (Å²) in [5.74, 6) is -1.11. The molecule has 1 aliphatic rings. The van der Waals surface area contributed by atoms with E-state index in [1.54, 1.807) is 18.2 Å². The summed E-state index contributed by atoms with van der Waals surface area (Å²) in [6.07, 6.45) is 2.50. The number of amides is 1. The molecule has 0 saturated carbocycles. The number of benzene rings is 2. The zero-order valence-corrected chi connectivity index (χ0v) is 19.5. The fourth-order valence-corrected chi connectivity index (χ4v) is 4.35. The van der Waals surface area contributed by atoms with Crippen LogP contribution in [0.2, 0.25) is 5.28 Å². The molecule has 0 bridgehead atoms. The van der Waals surface area contributed by atoms with Gasteiger partial charge in [-0.05, 0) is 47.5 Å². The predicted octanol–water partition coefficient (Wildman–Crippen LogP) is 5.38. The Bertz CT molecular complexity index is 1350. The normalized spacial score (nSPS) is 14.6. The van der Waals surface area contributed by atoms with Gasteiger partial charge in [0.2, 0.25) is 11.1 Å². The minimum Gasteiger partial charge on any atom is -0.493 e. The number of carbonyl (C=O) groups excluding carboxylic acids is 1. The van der Waals surface area contributed by atoms with Gasteiger partial charge in [0.25, 0.3) is 17.5 Å². The minimum absolute atomic E-state index is 0.0942. The highest BCUT2D eigenvalue weighted by atomic mass is 35.5. The summed E-state index contributed by atoms with van der Waals surface area (Å²) in [4.78, 5) is 32.2. The van der Waals surface area contributed by atoms with Crippen molar-refractivity contribution in [2.75, 3.05) is 12.0 Å². The predicted molar refractivity (Wildman–Crippen MR) is 129 cm³/mol. The van der Waals surface area contributed by atoms with Gasteiger partial charge in [-0.15, -0.1) is 0 Å². The number of halogens is 2. The smallest absolute Gasteiger partial charge is 0.270 e. The van der Waals surface area contributed by atoms with Crippen molar-refractivity contribution in [2.45, 2.75) is 0 Å². The van der Waals surface area contributed by atoms with Crippen molar-refractivity contribution in [3.8, 4) is 17.4 Å². The van der Waals surface area contributed by atoms with Crippen molar-refractivity contribution in [2.24, 2.45) is 0 Å². The zero-order valence-electron chi connectivity index (χ0n) is 17.1. The average molecular weight is 519 g/mol. The van der Waals surface area contributed by atoms with E-state index in [1.165, 1.54) is 42.3 Å². The van der Waals surface area contributed by atoms with Gasteiger partial charge in [0, 0.05) is 12.1 Å². The van der Waals surface area contributed by atoms with Gasteiger partial charge in [-0.2, -0.15) is 9.37 Å². The third-order valence-electron chi connectivity index (χ3n) is 4.49. The fraction of sp³-hybridized carbons (Fsp3) is 0.0476. The molecule has 0 unspecified atom stereocenters. The molecular weight excluding hydrogens is 507 g/mol. The van der Waals surface area contributed by atoms with Gasteiger partial charge >= 0.3 is 0 Å². The summed E-state index contributed by atoms with van der Waals surface area (Å²) in [6, 6.07) is 10.3. The molecule has 1 aliphatic heterocycles. The SMILES string of the molecule is COc1cc(/C=C2/SC(=S)N(c3ccc([N+](=O)[O-])cc3)C2=O)ccc1Oc1nc(Cl)ncc1F. The van der Waals surface area contributed by atoms with Gasteiger partial charge in [-0.3, -0.25) is 19.8 Å². The molecular formula is C21H12ClFN4O5S2. The number of nitrogens with zero attached hydrogens (tertiary/aromatic N) is 4. The number of rotatable bonds is 6. The van der Waals surface area contributed by atoms with Crippen LogP contribution in [0, 0.1) is 15.9 Å². The lowest BCUT2D eigenvalue weighted by Gasteiger charge is -2.14. The van der Waals surface area contributed by atoms with E-state index in [0.717, 1.165) is 18.0 Å². The molecule has 0 spiro atoms. The fourth-order valence-electron chi connectivity index (χ4n) is 2.93. The van der Waals surface area contributed by atoms with E-state index in [4.69, 9.17) is 33.3 Å². The average Bonchev–Trinajstić information content (AvgIpc) is 3.09. The Morgan fingerprint density at radius 3 is 2.65 bits per heavy atom. The Kier molecular flexibility index (Phi) is 6.72. The first-order valence-corrected chi connectivity index (χ1v) is 10.9. The van der Waals surface area contributed by atoms with Crippen LogP contribution in [0.4, 0.5) is 15.8 Å². The van der Waals surface area contributed by atoms with Crippen molar-refractivity contribution < 1.29 is 23.6 Å². The molecule has 13 heteroatoms. The number of carbonyl (C=O) groups is 1. The summed E-state index contributed by atoms with van der Waals surface area (Å²) >= 11 is 12.1. The van der Waals surface area contributed by atoms with E-state index in [2.05, 4.69) is 9.97 Å². The van der Waals surface area contributed by atoms with Crippen molar-refractivity contribution in [1.29, 1.82) is 0 Å². The number of anilines is 1. The second kappa shape index (κ2) is 9.71. The minimum atomic E-state index is -0.801. The van der Waals surface area contributed by atoms with Gasteiger partial charge in [-0.1, -0.05) is 30.0 Å². The largest absolute Gasteiger partial charge is 0.493 e. The molecule has 9 nitrogen and oxygen atoms in total. The standard InChI is InChI=1S/C21H12ClFN4O5S2/c1-31-16-8-11(2-7-15(16)32-18-14(23)10-24-20(22)25-18)9-17-19(28)26(21(33)34-17)12-3-5-13(6-4-12)27(29)30/h2-10H,1H3/b17-9+. The molecule has 0 atom stereocenters. The Morgan fingerprint density at radius 2 is 1.97 bits per heavy atom. The molecule has 1 amide bonds. The van der Waals surface area contributed by atoms with E-state index >= 15 is 0 Å². The monoisotopic (exact) mass is 518 g/mol. The number of nitro benzene ring substituents is 1. The molecule has 2 aromatic carbocycles. The zero-order chi connectivity index (χ0) is 24.4. The Hall–Kier alpha value is -3.61. The molecule has 1 aromatic heterocycles. The Morgan fingerprint density at radius 1 is 1.24 bits per heavy atom. The van der Waals surface area contributed by atoms with Crippen LogP contribution in [0.25, 0.3) is 6.08 Å². The van der Waals surface area contributed by atoms with E-state index in [9.17, 15) is 19.3 Å². The maximum Gasteiger partial charge on any atom is 0.270 e. The molecule has 0 N–H and O–H groups in total. The highest BCUT2D eigenvalue weighted by Crippen LogP contribution is 2.38. The molecule has 1 saturated heterocycles. The third-order valence-corrected chi connectivity index (χ3v) is 5.97. The number of hydrogen-bond donors (Lipinski definition) is 0. The van der Waals surface area contributed by atoms with Crippen LogP contribution < -0.4 is 14.4 Å². The van der Waals surface area contributed by atoms with Crippen LogP contribution in [0.1, 0.15) is 5.56 Å². The summed E-state index contributed by atoms with van der Waals surface area (Å²) in [6.45, 7) is 0. The molecule has 0 radical (unpaired) electrons. The van der Waals surface area contributed by atoms with Crippen LogP contribution in [0.3, 0.4) is 0 Å². The Balaban J connectivity index is 1.59. The maximum absolute atomic E-state index is 13.9. The topological polar surface area (TPSA) is 108 Å². The summed E-state index contributed by atoms with van der Waals surface area (Å²) < 4.78 is 25.0. The van der Waals surface area contributed by atoms with E-state index in [1.807, 2.05) is 0 Å². The first-order chi connectivity index (χ1) is 16.3. The lowest BCUT2D eigenvalue weighted by Crippen LogP contribution is -2.27. The second-order valence-electron chi connectivity index (χ2n) is 6.60. The van der Waals surface area contributed by atoms with Crippen molar-refractivity contribution in [3.05, 3.63) is 80.3 Å². The lowest BCUT2D eigenvalue weighted by molar-refractivity contribution is -0.384. The van der Waals surface area contributed by atoms with Gasteiger partial charge < -0.3 is 9.47 Å². The van der Waals surface area contributed by atoms with Gasteiger partial charge in [0.1, 0.15) is 0 Å². The molecule has 34 heavy (non-hydrogen) atoms. The Labute approximate surface area is 206 Å². The molecule has 2 heterocycles. The maximum atomic E-state index is 13.9. The van der Waals surface area contributed by atoms with Crippen molar-refractivity contribution in [1.82, 2.24) is 9.97 Å². The van der Waals surface area contributed by atoms with E-state index in [0.29, 0.717) is 16.2 Å².